The van der Waals surface area contributed by atoms with E-state index in [4.69, 9.17) is 17.0 Å². The predicted octanol–water partition coefficient (Wildman–Crippen LogP) is 3.04. The minimum absolute atomic E-state index is 0.0525. The van der Waals surface area contributed by atoms with E-state index in [-0.39, 0.29) is 18.0 Å². The van der Waals surface area contributed by atoms with E-state index < -0.39 is 17.8 Å². The molecule has 0 heterocycles. The molecule has 0 bridgehead atoms. The highest BCUT2D eigenvalue weighted by atomic mass is 79.9. The molecule has 158 valence electrons. The number of carbonyl (C=O) groups is 3. The summed E-state index contributed by atoms with van der Waals surface area (Å²) < 4.78 is 5.76. The SMILES string of the molecule is O=C(CCC(=O)OCCCc1ccccc1)NC(=S)NNC(=O)c1ccccc1Br. The zero-order valence-electron chi connectivity index (χ0n) is 16.2. The number of halogens is 1. The molecule has 9 heteroatoms. The molecule has 0 aromatic heterocycles. The van der Waals surface area contributed by atoms with Crippen molar-refractivity contribution in [3.05, 3.63) is 70.2 Å². The third kappa shape index (κ3) is 8.71. The van der Waals surface area contributed by atoms with E-state index in [2.05, 4.69) is 32.1 Å². The Hall–Kier alpha value is -2.78. The normalized spacial score (nSPS) is 10.0. The molecule has 2 amide bonds. The lowest BCUT2D eigenvalue weighted by Crippen LogP contribution is -2.48. The number of hydrogen-bond donors (Lipinski definition) is 3. The number of aryl methyl sites for hydroxylation is 1. The zero-order valence-corrected chi connectivity index (χ0v) is 18.6. The van der Waals surface area contributed by atoms with Gasteiger partial charge in [-0.1, -0.05) is 42.5 Å². The van der Waals surface area contributed by atoms with Gasteiger partial charge in [-0.2, -0.15) is 0 Å². The summed E-state index contributed by atoms with van der Waals surface area (Å²) in [5.41, 5.74) is 6.43. The van der Waals surface area contributed by atoms with E-state index in [1.54, 1.807) is 24.3 Å². The molecule has 2 aromatic carbocycles. The van der Waals surface area contributed by atoms with Gasteiger partial charge in [-0.15, -0.1) is 0 Å². The fourth-order valence-electron chi connectivity index (χ4n) is 2.44. The van der Waals surface area contributed by atoms with Crippen LogP contribution in [0.15, 0.2) is 59.1 Å². The van der Waals surface area contributed by atoms with Crippen LogP contribution >= 0.6 is 28.1 Å². The van der Waals surface area contributed by atoms with Gasteiger partial charge in [0.2, 0.25) is 5.91 Å². The number of ether oxygens (including phenoxy) is 1. The van der Waals surface area contributed by atoms with Crippen LogP contribution in [0.1, 0.15) is 35.2 Å². The number of rotatable bonds is 8. The molecule has 0 aliphatic heterocycles. The van der Waals surface area contributed by atoms with Gasteiger partial charge in [-0.3, -0.25) is 25.2 Å². The minimum Gasteiger partial charge on any atom is -0.466 e. The summed E-state index contributed by atoms with van der Waals surface area (Å²) in [7, 11) is 0. The number of hydrogen-bond acceptors (Lipinski definition) is 5. The second kappa shape index (κ2) is 12.7. The average molecular weight is 492 g/mol. The summed E-state index contributed by atoms with van der Waals surface area (Å²) in [4.78, 5) is 35.7. The van der Waals surface area contributed by atoms with Crippen molar-refractivity contribution < 1.29 is 19.1 Å². The highest BCUT2D eigenvalue weighted by Crippen LogP contribution is 2.15. The summed E-state index contributed by atoms with van der Waals surface area (Å²) >= 11 is 8.24. The monoisotopic (exact) mass is 491 g/mol. The molecule has 0 aliphatic carbocycles. The van der Waals surface area contributed by atoms with Crippen molar-refractivity contribution in [3.8, 4) is 0 Å². The van der Waals surface area contributed by atoms with Crippen LogP contribution < -0.4 is 16.2 Å². The van der Waals surface area contributed by atoms with Crippen LogP contribution in [0.4, 0.5) is 0 Å². The number of nitrogens with one attached hydrogen (secondary N) is 3. The molecule has 2 rings (SSSR count). The Kier molecular flexibility index (Phi) is 9.96. The Morgan fingerprint density at radius 2 is 1.63 bits per heavy atom. The Labute approximate surface area is 188 Å². The molecular formula is C21H22BrN3O4S. The van der Waals surface area contributed by atoms with Gasteiger partial charge in [0, 0.05) is 10.9 Å². The summed E-state index contributed by atoms with van der Waals surface area (Å²) in [5, 5.41) is 2.32. The van der Waals surface area contributed by atoms with Gasteiger partial charge in [-0.25, -0.2) is 0 Å². The van der Waals surface area contributed by atoms with Gasteiger partial charge in [-0.05, 0) is 58.7 Å². The van der Waals surface area contributed by atoms with E-state index in [1.807, 2.05) is 30.3 Å². The summed E-state index contributed by atoms with van der Waals surface area (Å²) in [6.07, 6.45) is 1.41. The fraction of sp³-hybridized carbons (Fsp3) is 0.238. The lowest BCUT2D eigenvalue weighted by molar-refractivity contribution is -0.145. The highest BCUT2D eigenvalue weighted by Gasteiger charge is 2.12. The molecule has 30 heavy (non-hydrogen) atoms. The molecular weight excluding hydrogens is 470 g/mol. The number of carbonyl (C=O) groups excluding carboxylic acids is 3. The van der Waals surface area contributed by atoms with Crippen LogP contribution in [0.3, 0.4) is 0 Å². The number of esters is 1. The number of hydrazine groups is 1. The molecule has 0 saturated heterocycles. The molecule has 0 saturated carbocycles. The summed E-state index contributed by atoms with van der Waals surface area (Å²) in [6, 6.07) is 16.8. The summed E-state index contributed by atoms with van der Waals surface area (Å²) in [6.45, 7) is 0.302. The van der Waals surface area contributed by atoms with Gasteiger partial charge in [0.1, 0.15) is 0 Å². The first-order chi connectivity index (χ1) is 14.5. The van der Waals surface area contributed by atoms with E-state index in [0.717, 1.165) is 6.42 Å². The van der Waals surface area contributed by atoms with Crippen molar-refractivity contribution in [1.82, 2.24) is 16.2 Å². The molecule has 0 spiro atoms. The quantitative estimate of drug-likeness (QED) is 0.227. The second-order valence-corrected chi connectivity index (χ2v) is 7.51. The molecule has 0 radical (unpaired) electrons. The van der Waals surface area contributed by atoms with E-state index in [1.165, 1.54) is 5.56 Å². The third-order valence-corrected chi connectivity index (χ3v) is 4.83. The fourth-order valence-corrected chi connectivity index (χ4v) is 3.07. The largest absolute Gasteiger partial charge is 0.466 e. The van der Waals surface area contributed by atoms with Crippen molar-refractivity contribution in [2.24, 2.45) is 0 Å². The lowest BCUT2D eigenvalue weighted by Gasteiger charge is -2.11. The topological polar surface area (TPSA) is 96.5 Å². The third-order valence-electron chi connectivity index (χ3n) is 3.93. The predicted molar refractivity (Wildman–Crippen MR) is 120 cm³/mol. The molecule has 3 N–H and O–H groups in total. The van der Waals surface area contributed by atoms with Crippen LogP contribution in [-0.2, 0) is 20.7 Å². The van der Waals surface area contributed by atoms with Crippen molar-refractivity contribution in [1.29, 1.82) is 0 Å². The molecule has 0 fully saturated rings. The second-order valence-electron chi connectivity index (χ2n) is 6.25. The number of thiocarbonyl (C=S) groups is 1. The van der Waals surface area contributed by atoms with Gasteiger partial charge in [0.05, 0.1) is 18.6 Å². The van der Waals surface area contributed by atoms with Crippen molar-refractivity contribution in [3.63, 3.8) is 0 Å². The molecule has 0 aliphatic rings. The van der Waals surface area contributed by atoms with Gasteiger partial charge >= 0.3 is 5.97 Å². The van der Waals surface area contributed by atoms with Crippen LogP contribution in [0, 0.1) is 0 Å². The first-order valence-corrected chi connectivity index (χ1v) is 10.5. The first kappa shape index (κ1) is 23.5. The number of benzene rings is 2. The maximum absolute atomic E-state index is 12.0. The van der Waals surface area contributed by atoms with Crippen molar-refractivity contribution >= 4 is 51.0 Å². The Morgan fingerprint density at radius 3 is 2.37 bits per heavy atom. The Balaban J connectivity index is 1.58. The number of amides is 2. The Morgan fingerprint density at radius 1 is 0.933 bits per heavy atom. The van der Waals surface area contributed by atoms with E-state index in [9.17, 15) is 14.4 Å². The van der Waals surface area contributed by atoms with Crippen molar-refractivity contribution in [2.45, 2.75) is 25.7 Å². The highest BCUT2D eigenvalue weighted by molar-refractivity contribution is 9.10. The van der Waals surface area contributed by atoms with E-state index in [0.29, 0.717) is 23.1 Å². The lowest BCUT2D eigenvalue weighted by atomic mass is 10.1. The molecule has 2 aromatic rings. The van der Waals surface area contributed by atoms with Gasteiger partial charge < -0.3 is 10.1 Å². The average Bonchev–Trinajstić information content (AvgIpc) is 2.74. The van der Waals surface area contributed by atoms with Crippen LogP contribution in [0.5, 0.6) is 0 Å². The standard InChI is InChI=1S/C21H22BrN3O4S/c22-17-11-5-4-10-16(17)20(28)24-25-21(30)23-18(26)12-13-19(27)29-14-6-9-15-7-2-1-3-8-15/h1-5,7-8,10-11H,6,9,12-14H2,(H,24,28)(H2,23,25,26,30). The van der Waals surface area contributed by atoms with Crippen LogP contribution in [0.25, 0.3) is 0 Å². The smallest absolute Gasteiger partial charge is 0.306 e. The van der Waals surface area contributed by atoms with E-state index >= 15 is 0 Å². The maximum Gasteiger partial charge on any atom is 0.306 e. The Bertz CT molecular complexity index is 893. The van der Waals surface area contributed by atoms with Crippen LogP contribution in [0.2, 0.25) is 0 Å². The van der Waals surface area contributed by atoms with Gasteiger partial charge in [0.25, 0.3) is 5.91 Å². The summed E-state index contributed by atoms with van der Waals surface area (Å²) in [5.74, 6) is -1.32. The van der Waals surface area contributed by atoms with Crippen molar-refractivity contribution in [2.75, 3.05) is 6.61 Å². The van der Waals surface area contributed by atoms with Crippen LogP contribution in [-0.4, -0.2) is 29.5 Å². The molecule has 7 nitrogen and oxygen atoms in total. The van der Waals surface area contributed by atoms with Gasteiger partial charge in [0.15, 0.2) is 5.11 Å². The molecule has 0 atom stereocenters. The first-order valence-electron chi connectivity index (χ1n) is 9.30. The zero-order chi connectivity index (χ0) is 21.8. The minimum atomic E-state index is -0.455. The maximum atomic E-state index is 12.0. The molecule has 0 unspecified atom stereocenters.